The van der Waals surface area contributed by atoms with E-state index in [-0.39, 0.29) is 30.1 Å². The van der Waals surface area contributed by atoms with Gasteiger partial charge in [0.15, 0.2) is 17.4 Å². The molecule has 0 bridgehead atoms. The van der Waals surface area contributed by atoms with Crippen LogP contribution in [0, 0.1) is 11.6 Å². The lowest BCUT2D eigenvalue weighted by molar-refractivity contribution is -0.137. The van der Waals surface area contributed by atoms with Crippen molar-refractivity contribution in [2.24, 2.45) is 0 Å². The van der Waals surface area contributed by atoms with Gasteiger partial charge in [-0.15, -0.1) is 0 Å². The second kappa shape index (κ2) is 8.21. The Morgan fingerprint density at radius 1 is 1.07 bits per heavy atom. The number of ether oxygens (including phenoxy) is 1. The van der Waals surface area contributed by atoms with Crippen LogP contribution in [-0.4, -0.2) is 35.0 Å². The smallest absolute Gasteiger partial charge is 0.387 e. The number of nitrogens with zero attached hydrogens (tertiary/aromatic N) is 1. The Labute approximate surface area is 162 Å². The number of imide groups is 1. The van der Waals surface area contributed by atoms with Crippen molar-refractivity contribution in [2.75, 3.05) is 11.9 Å². The number of carbonyl (C=O) groups excluding carboxylic acids is 2. The summed E-state index contributed by atoms with van der Waals surface area (Å²) in [5.41, 5.74) is 0.346. The number of carbonyl (C=O) groups is 2. The number of nitrogens with one attached hydrogen (secondary N) is 1. The van der Waals surface area contributed by atoms with E-state index in [1.54, 1.807) is 0 Å². The van der Waals surface area contributed by atoms with Gasteiger partial charge in [-0.25, -0.2) is 8.78 Å². The second-order valence-corrected chi connectivity index (χ2v) is 6.04. The minimum Gasteiger partial charge on any atom is -0.503 e. The van der Waals surface area contributed by atoms with Crippen LogP contribution in [0.4, 0.5) is 23.2 Å². The predicted octanol–water partition coefficient (Wildman–Crippen LogP) is 3.18. The van der Waals surface area contributed by atoms with Gasteiger partial charge in [-0.3, -0.25) is 14.5 Å². The number of amides is 2. The fourth-order valence-corrected chi connectivity index (χ4v) is 2.68. The highest BCUT2D eigenvalue weighted by Gasteiger charge is 2.31. The van der Waals surface area contributed by atoms with Crippen molar-refractivity contribution in [1.82, 2.24) is 4.90 Å². The average Bonchev–Trinajstić information content (AvgIpc) is 2.92. The minimum absolute atomic E-state index is 0.00664. The van der Waals surface area contributed by atoms with Crippen LogP contribution in [0.1, 0.15) is 5.56 Å². The molecule has 1 heterocycles. The molecule has 2 N–H and O–H groups in total. The zero-order chi connectivity index (χ0) is 21.1. The zero-order valence-corrected chi connectivity index (χ0v) is 14.7. The summed E-state index contributed by atoms with van der Waals surface area (Å²) in [6, 6.07) is 7.29. The van der Waals surface area contributed by atoms with E-state index in [9.17, 15) is 27.2 Å². The first kappa shape index (κ1) is 20.2. The van der Waals surface area contributed by atoms with Crippen molar-refractivity contribution in [3.8, 4) is 11.5 Å². The van der Waals surface area contributed by atoms with Crippen molar-refractivity contribution >= 4 is 17.5 Å². The van der Waals surface area contributed by atoms with Crippen LogP contribution in [-0.2, 0) is 16.0 Å². The average molecular weight is 410 g/mol. The van der Waals surface area contributed by atoms with Crippen molar-refractivity contribution < 1.29 is 37.0 Å². The van der Waals surface area contributed by atoms with Gasteiger partial charge in [0.25, 0.3) is 11.8 Å². The van der Waals surface area contributed by atoms with Crippen LogP contribution < -0.4 is 10.1 Å². The van der Waals surface area contributed by atoms with E-state index in [0.29, 0.717) is 5.56 Å². The predicted molar refractivity (Wildman–Crippen MR) is 93.2 cm³/mol. The molecule has 0 unspecified atom stereocenters. The number of hydrogen-bond donors (Lipinski definition) is 2. The standard InChI is InChI=1S/C19H14F4N2O4/c20-13-7-11(8-14(21)17(13)27)24-15-9-16(26)25(18(15)28)6-5-10-1-3-12(4-2-10)29-19(22)23/h1-4,7-9,19,24,27H,5-6H2. The van der Waals surface area contributed by atoms with Crippen molar-refractivity contribution in [2.45, 2.75) is 13.0 Å². The topological polar surface area (TPSA) is 78.9 Å². The molecule has 2 amide bonds. The number of anilines is 1. The van der Waals surface area contributed by atoms with Gasteiger partial charge in [0.1, 0.15) is 11.4 Å². The number of hydrogen-bond acceptors (Lipinski definition) is 5. The molecule has 0 spiro atoms. The van der Waals surface area contributed by atoms with E-state index in [1.807, 2.05) is 0 Å². The van der Waals surface area contributed by atoms with E-state index in [4.69, 9.17) is 5.11 Å². The quantitative estimate of drug-likeness (QED) is 0.417. The normalized spacial score (nSPS) is 13.8. The minimum atomic E-state index is -2.94. The van der Waals surface area contributed by atoms with Crippen LogP contribution in [0.2, 0.25) is 0 Å². The van der Waals surface area contributed by atoms with E-state index >= 15 is 0 Å². The largest absolute Gasteiger partial charge is 0.503 e. The maximum absolute atomic E-state index is 13.4. The fourth-order valence-electron chi connectivity index (χ4n) is 2.68. The number of benzene rings is 2. The molecule has 6 nitrogen and oxygen atoms in total. The van der Waals surface area contributed by atoms with E-state index < -0.39 is 35.8 Å². The Kier molecular flexibility index (Phi) is 5.71. The second-order valence-electron chi connectivity index (χ2n) is 6.04. The molecule has 2 aromatic rings. The summed E-state index contributed by atoms with van der Waals surface area (Å²) in [6.45, 7) is -2.93. The van der Waals surface area contributed by atoms with Gasteiger partial charge in [-0.05, 0) is 24.1 Å². The first-order chi connectivity index (χ1) is 13.7. The molecular formula is C19H14F4N2O4. The maximum atomic E-state index is 13.4. The Hall–Kier alpha value is -3.56. The summed E-state index contributed by atoms with van der Waals surface area (Å²) in [5.74, 6) is -4.91. The van der Waals surface area contributed by atoms with Crippen LogP contribution in [0.15, 0.2) is 48.2 Å². The maximum Gasteiger partial charge on any atom is 0.387 e. The van der Waals surface area contributed by atoms with E-state index in [2.05, 4.69) is 10.1 Å². The summed E-state index contributed by atoms with van der Waals surface area (Å²) < 4.78 is 55.4. The first-order valence-corrected chi connectivity index (χ1v) is 8.31. The van der Waals surface area contributed by atoms with Crippen molar-refractivity contribution in [1.29, 1.82) is 0 Å². The molecule has 2 aromatic carbocycles. The molecule has 0 saturated heterocycles. The molecule has 29 heavy (non-hydrogen) atoms. The highest BCUT2D eigenvalue weighted by molar-refractivity contribution is 6.17. The van der Waals surface area contributed by atoms with Gasteiger partial charge >= 0.3 is 6.61 Å². The summed E-state index contributed by atoms with van der Waals surface area (Å²) in [4.78, 5) is 25.4. The first-order valence-electron chi connectivity index (χ1n) is 8.31. The number of phenols is 1. The molecule has 152 valence electrons. The third kappa shape index (κ3) is 4.65. The van der Waals surface area contributed by atoms with Gasteiger partial charge in [0.05, 0.1) is 0 Å². The molecule has 0 aliphatic carbocycles. The fraction of sp³-hybridized carbons (Fsp3) is 0.158. The zero-order valence-electron chi connectivity index (χ0n) is 14.7. The molecule has 0 radical (unpaired) electrons. The summed E-state index contributed by atoms with van der Waals surface area (Å²) in [6.07, 6.45) is 1.25. The summed E-state index contributed by atoms with van der Waals surface area (Å²) in [7, 11) is 0. The SMILES string of the molecule is O=C1C=C(Nc2cc(F)c(O)c(F)c2)C(=O)N1CCc1ccc(OC(F)F)cc1. The molecule has 0 aromatic heterocycles. The molecular weight excluding hydrogens is 396 g/mol. The van der Waals surface area contributed by atoms with Crippen LogP contribution in [0.3, 0.4) is 0 Å². The molecule has 0 fully saturated rings. The van der Waals surface area contributed by atoms with Gasteiger partial charge in [-0.1, -0.05) is 12.1 Å². The van der Waals surface area contributed by atoms with Gasteiger partial charge in [-0.2, -0.15) is 8.78 Å². The Balaban J connectivity index is 1.62. The monoisotopic (exact) mass is 410 g/mol. The van der Waals surface area contributed by atoms with E-state index in [0.717, 1.165) is 23.1 Å². The number of halogens is 4. The molecule has 3 rings (SSSR count). The van der Waals surface area contributed by atoms with Gasteiger partial charge in [0.2, 0.25) is 0 Å². The highest BCUT2D eigenvalue weighted by atomic mass is 19.3. The molecule has 10 heteroatoms. The molecule has 1 aliphatic rings. The lowest BCUT2D eigenvalue weighted by Gasteiger charge is -2.15. The molecule has 0 saturated carbocycles. The third-order valence-corrected chi connectivity index (χ3v) is 4.08. The van der Waals surface area contributed by atoms with Crippen LogP contribution in [0.5, 0.6) is 11.5 Å². The highest BCUT2D eigenvalue weighted by Crippen LogP contribution is 2.26. The molecule has 1 aliphatic heterocycles. The Bertz CT molecular complexity index is 954. The lowest BCUT2D eigenvalue weighted by atomic mass is 10.1. The van der Waals surface area contributed by atoms with Crippen LogP contribution in [0.25, 0.3) is 0 Å². The number of alkyl halides is 2. The van der Waals surface area contributed by atoms with Gasteiger partial charge in [0, 0.05) is 30.4 Å². The summed E-state index contributed by atoms with van der Waals surface area (Å²) >= 11 is 0. The van der Waals surface area contributed by atoms with Crippen LogP contribution >= 0.6 is 0 Å². The number of aromatic hydroxyl groups is 1. The van der Waals surface area contributed by atoms with Crippen molar-refractivity contribution in [3.05, 3.63) is 65.4 Å². The molecule has 0 atom stereocenters. The van der Waals surface area contributed by atoms with Crippen molar-refractivity contribution in [3.63, 3.8) is 0 Å². The Morgan fingerprint density at radius 2 is 1.69 bits per heavy atom. The summed E-state index contributed by atoms with van der Waals surface area (Å²) in [5, 5.41) is 11.6. The number of rotatable bonds is 7. The van der Waals surface area contributed by atoms with Gasteiger partial charge < -0.3 is 15.2 Å². The van der Waals surface area contributed by atoms with E-state index in [1.165, 1.54) is 24.3 Å². The number of phenolic OH excluding ortho intramolecular Hbond substituents is 1. The lowest BCUT2D eigenvalue weighted by Crippen LogP contribution is -2.33. The third-order valence-electron chi connectivity index (χ3n) is 4.08. The Morgan fingerprint density at radius 3 is 2.28 bits per heavy atom.